The van der Waals surface area contributed by atoms with Crippen LogP contribution >= 0.6 is 0 Å². The van der Waals surface area contributed by atoms with Gasteiger partial charge in [0.25, 0.3) is 5.91 Å². The van der Waals surface area contributed by atoms with Crippen molar-refractivity contribution in [1.29, 1.82) is 0 Å². The number of nitrogens with two attached hydrogens (primary N) is 1. The fraction of sp³-hybridized carbons (Fsp3) is 0.0769. The van der Waals surface area contributed by atoms with Crippen molar-refractivity contribution in [2.75, 3.05) is 11.1 Å². The molecular weight excluding hydrogens is 233 g/mol. The number of aryl methyl sites for hydroxylation is 1. The van der Waals surface area contributed by atoms with Crippen LogP contribution in [0.5, 0.6) is 0 Å². The summed E-state index contributed by atoms with van der Waals surface area (Å²) in [6, 6.07) is 9.37. The first-order valence-corrected chi connectivity index (χ1v) is 5.37. The molecular formula is C13H12FN3O. The van der Waals surface area contributed by atoms with Crippen LogP contribution in [0.1, 0.15) is 15.9 Å². The van der Waals surface area contributed by atoms with Crippen molar-refractivity contribution in [2.45, 2.75) is 6.92 Å². The van der Waals surface area contributed by atoms with Gasteiger partial charge in [0.15, 0.2) is 0 Å². The van der Waals surface area contributed by atoms with Crippen molar-refractivity contribution >= 4 is 17.4 Å². The van der Waals surface area contributed by atoms with E-state index >= 15 is 0 Å². The van der Waals surface area contributed by atoms with E-state index in [4.69, 9.17) is 5.73 Å². The molecule has 0 radical (unpaired) electrons. The summed E-state index contributed by atoms with van der Waals surface area (Å²) in [5.74, 6) is -0.892. The van der Waals surface area contributed by atoms with E-state index in [2.05, 4.69) is 10.3 Å². The number of anilines is 2. The van der Waals surface area contributed by atoms with E-state index in [-0.39, 0.29) is 5.82 Å². The third kappa shape index (κ3) is 2.45. The average Bonchev–Trinajstić information content (AvgIpc) is 2.28. The summed E-state index contributed by atoms with van der Waals surface area (Å²) in [5, 5.41) is 2.51. The first-order valence-electron chi connectivity index (χ1n) is 5.37. The van der Waals surface area contributed by atoms with Crippen LogP contribution in [0.25, 0.3) is 0 Å². The minimum atomic E-state index is -0.648. The summed E-state index contributed by atoms with van der Waals surface area (Å²) in [6.07, 6.45) is 0. The fourth-order valence-corrected chi connectivity index (χ4v) is 1.66. The molecule has 1 heterocycles. The third-order valence-corrected chi connectivity index (χ3v) is 2.49. The van der Waals surface area contributed by atoms with Crippen LogP contribution in [0.15, 0.2) is 36.4 Å². The van der Waals surface area contributed by atoms with E-state index in [1.165, 1.54) is 18.2 Å². The van der Waals surface area contributed by atoms with Crippen molar-refractivity contribution < 1.29 is 9.18 Å². The van der Waals surface area contributed by atoms with Crippen LogP contribution in [-0.2, 0) is 0 Å². The SMILES string of the molecule is Cc1cccc(N)c1C(=O)Nc1cccc(F)n1. The first-order chi connectivity index (χ1) is 8.58. The van der Waals surface area contributed by atoms with E-state index < -0.39 is 11.9 Å². The molecule has 0 saturated carbocycles. The second-order valence-corrected chi connectivity index (χ2v) is 3.84. The Morgan fingerprint density at radius 3 is 2.67 bits per heavy atom. The number of carbonyl (C=O) groups is 1. The zero-order chi connectivity index (χ0) is 13.1. The zero-order valence-electron chi connectivity index (χ0n) is 9.77. The number of pyridine rings is 1. The fourth-order valence-electron chi connectivity index (χ4n) is 1.66. The number of nitrogens with one attached hydrogen (secondary N) is 1. The van der Waals surface area contributed by atoms with Crippen molar-refractivity contribution in [3.8, 4) is 0 Å². The lowest BCUT2D eigenvalue weighted by Crippen LogP contribution is -2.16. The highest BCUT2D eigenvalue weighted by Gasteiger charge is 2.13. The van der Waals surface area contributed by atoms with E-state index in [0.29, 0.717) is 11.3 Å². The van der Waals surface area contributed by atoms with E-state index in [0.717, 1.165) is 5.56 Å². The number of hydrogen-bond donors (Lipinski definition) is 2. The molecule has 1 amide bonds. The maximum Gasteiger partial charge on any atom is 0.259 e. The van der Waals surface area contributed by atoms with Gasteiger partial charge in [0.1, 0.15) is 5.82 Å². The summed E-state index contributed by atoms with van der Waals surface area (Å²) in [6.45, 7) is 1.78. The second-order valence-electron chi connectivity index (χ2n) is 3.84. The number of rotatable bonds is 2. The first kappa shape index (κ1) is 12.0. The Balaban J connectivity index is 2.28. The van der Waals surface area contributed by atoms with Crippen molar-refractivity contribution in [2.24, 2.45) is 0 Å². The summed E-state index contributed by atoms with van der Waals surface area (Å²) in [4.78, 5) is 15.6. The largest absolute Gasteiger partial charge is 0.398 e. The van der Waals surface area contributed by atoms with Gasteiger partial charge in [-0.05, 0) is 30.7 Å². The van der Waals surface area contributed by atoms with Gasteiger partial charge >= 0.3 is 0 Å². The Labute approximate surface area is 104 Å². The molecule has 0 spiro atoms. The maximum atomic E-state index is 12.9. The van der Waals surface area contributed by atoms with Gasteiger partial charge < -0.3 is 11.1 Å². The van der Waals surface area contributed by atoms with Gasteiger partial charge in [-0.15, -0.1) is 0 Å². The number of hydrogen-bond acceptors (Lipinski definition) is 3. The van der Waals surface area contributed by atoms with Gasteiger partial charge in [-0.1, -0.05) is 18.2 Å². The molecule has 5 heteroatoms. The Kier molecular flexibility index (Phi) is 3.23. The predicted molar refractivity (Wildman–Crippen MR) is 67.7 cm³/mol. The lowest BCUT2D eigenvalue weighted by atomic mass is 10.1. The lowest BCUT2D eigenvalue weighted by molar-refractivity contribution is 0.102. The van der Waals surface area contributed by atoms with E-state index in [9.17, 15) is 9.18 Å². The van der Waals surface area contributed by atoms with Gasteiger partial charge in [-0.2, -0.15) is 4.39 Å². The minimum absolute atomic E-state index is 0.155. The van der Waals surface area contributed by atoms with Gasteiger partial charge in [-0.3, -0.25) is 4.79 Å². The monoisotopic (exact) mass is 245 g/mol. The summed E-state index contributed by atoms with van der Waals surface area (Å²) < 4.78 is 12.9. The molecule has 0 unspecified atom stereocenters. The third-order valence-electron chi connectivity index (χ3n) is 2.49. The molecule has 1 aromatic carbocycles. The highest BCUT2D eigenvalue weighted by molar-refractivity contribution is 6.08. The number of amides is 1. The minimum Gasteiger partial charge on any atom is -0.398 e. The van der Waals surface area contributed by atoms with Gasteiger partial charge in [-0.25, -0.2) is 4.98 Å². The number of carbonyl (C=O) groups excluding carboxylic acids is 1. The molecule has 92 valence electrons. The van der Waals surface area contributed by atoms with Gasteiger partial charge in [0.05, 0.1) is 5.56 Å². The summed E-state index contributed by atoms with van der Waals surface area (Å²) in [7, 11) is 0. The van der Waals surface area contributed by atoms with E-state index in [1.54, 1.807) is 25.1 Å². The van der Waals surface area contributed by atoms with Crippen LogP contribution in [0.2, 0.25) is 0 Å². The Morgan fingerprint density at radius 1 is 1.28 bits per heavy atom. The molecule has 0 aliphatic heterocycles. The number of nitrogen functional groups attached to an aromatic ring is 1. The topological polar surface area (TPSA) is 68.0 Å². The molecule has 2 rings (SSSR count). The molecule has 0 aliphatic carbocycles. The zero-order valence-corrected chi connectivity index (χ0v) is 9.77. The quantitative estimate of drug-likeness (QED) is 0.630. The number of aromatic nitrogens is 1. The molecule has 0 saturated heterocycles. The molecule has 4 nitrogen and oxygen atoms in total. The standard InChI is InChI=1S/C13H12FN3O/c1-8-4-2-5-9(15)12(8)13(18)17-11-7-3-6-10(14)16-11/h2-7H,15H2,1H3,(H,16,17,18). The average molecular weight is 245 g/mol. The Hall–Kier alpha value is -2.43. The molecule has 0 aliphatic rings. The van der Waals surface area contributed by atoms with Gasteiger partial charge in [0.2, 0.25) is 5.95 Å². The van der Waals surface area contributed by atoms with Crippen LogP contribution in [-0.4, -0.2) is 10.9 Å². The molecule has 0 atom stereocenters. The van der Waals surface area contributed by atoms with Crippen molar-refractivity contribution in [3.63, 3.8) is 0 Å². The highest BCUT2D eigenvalue weighted by Crippen LogP contribution is 2.17. The van der Waals surface area contributed by atoms with Crippen molar-refractivity contribution in [1.82, 2.24) is 4.98 Å². The molecule has 0 bridgehead atoms. The van der Waals surface area contributed by atoms with Crippen molar-refractivity contribution in [3.05, 3.63) is 53.5 Å². The molecule has 3 N–H and O–H groups in total. The second kappa shape index (κ2) is 4.83. The lowest BCUT2D eigenvalue weighted by Gasteiger charge is -2.09. The number of nitrogens with zero attached hydrogens (tertiary/aromatic N) is 1. The highest BCUT2D eigenvalue weighted by atomic mass is 19.1. The van der Waals surface area contributed by atoms with E-state index in [1.807, 2.05) is 0 Å². The maximum absolute atomic E-state index is 12.9. The molecule has 18 heavy (non-hydrogen) atoms. The Morgan fingerprint density at radius 2 is 2.00 bits per heavy atom. The normalized spacial score (nSPS) is 10.1. The van der Waals surface area contributed by atoms with Crippen LogP contribution in [0, 0.1) is 12.9 Å². The molecule has 1 aromatic heterocycles. The summed E-state index contributed by atoms with van der Waals surface area (Å²) >= 11 is 0. The smallest absolute Gasteiger partial charge is 0.259 e. The van der Waals surface area contributed by atoms with Crippen LogP contribution in [0.4, 0.5) is 15.9 Å². The predicted octanol–water partition coefficient (Wildman–Crippen LogP) is 2.36. The molecule has 2 aromatic rings. The van der Waals surface area contributed by atoms with Crippen LogP contribution in [0.3, 0.4) is 0 Å². The van der Waals surface area contributed by atoms with Crippen LogP contribution < -0.4 is 11.1 Å². The Bertz CT molecular complexity index is 578. The van der Waals surface area contributed by atoms with Gasteiger partial charge in [0, 0.05) is 5.69 Å². The number of benzene rings is 1. The summed E-state index contributed by atoms with van der Waals surface area (Å²) in [5.41, 5.74) is 7.26. The molecule has 0 fully saturated rings. The number of halogens is 1.